The number of aryl methyl sites for hydroxylation is 2. The highest BCUT2D eigenvalue weighted by atomic mass is 19.2. The second-order valence-electron chi connectivity index (χ2n) is 7.11. The van der Waals surface area contributed by atoms with Crippen molar-refractivity contribution in [3.8, 4) is 22.3 Å². The molecule has 0 nitrogen and oxygen atoms in total. The van der Waals surface area contributed by atoms with Gasteiger partial charge >= 0.3 is 0 Å². The van der Waals surface area contributed by atoms with E-state index in [1.54, 1.807) is 24.3 Å². The van der Waals surface area contributed by atoms with Gasteiger partial charge in [-0.15, -0.1) is 0 Å². The van der Waals surface area contributed by atoms with E-state index in [0.29, 0.717) is 29.5 Å². The summed E-state index contributed by atoms with van der Waals surface area (Å²) in [6.07, 6.45) is 1.18. The molecule has 0 aliphatic heterocycles. The number of benzene rings is 3. The maximum Gasteiger partial charge on any atom is 0.167 e. The van der Waals surface area contributed by atoms with Crippen LogP contribution >= 0.6 is 0 Å². The number of hydrogen-bond donors (Lipinski definition) is 0. The maximum absolute atomic E-state index is 14.9. The smallest absolute Gasteiger partial charge is 0.167 e. The Morgan fingerprint density at radius 2 is 1.39 bits per heavy atom. The standard InChI is InChI=1S/C23H17F5/c1-12-9-15-10-16-11-17(14-6-4-13(5-7-14)3-2-8-24)21(26)23(28)19(16)18(15)22(27)20(12)25/h4-7,9,11H,2-3,8,10H2,1H3. The summed E-state index contributed by atoms with van der Waals surface area (Å²) in [5.74, 6) is -4.45. The summed E-state index contributed by atoms with van der Waals surface area (Å²) in [5, 5.41) is 0. The van der Waals surface area contributed by atoms with Gasteiger partial charge in [0, 0.05) is 16.7 Å². The molecule has 0 amide bonds. The molecule has 0 unspecified atom stereocenters. The molecule has 28 heavy (non-hydrogen) atoms. The average Bonchev–Trinajstić information content (AvgIpc) is 3.06. The van der Waals surface area contributed by atoms with Crippen LogP contribution in [0.15, 0.2) is 36.4 Å². The Hall–Kier alpha value is -2.69. The predicted octanol–water partition coefficient (Wildman–Crippen LogP) is 6.69. The van der Waals surface area contributed by atoms with Gasteiger partial charge in [-0.1, -0.05) is 30.3 Å². The van der Waals surface area contributed by atoms with Gasteiger partial charge in [0.05, 0.1) is 6.67 Å². The molecule has 0 saturated heterocycles. The minimum Gasteiger partial charge on any atom is -0.251 e. The Labute approximate surface area is 159 Å². The van der Waals surface area contributed by atoms with Gasteiger partial charge in [0.15, 0.2) is 23.3 Å². The first kappa shape index (κ1) is 18.7. The van der Waals surface area contributed by atoms with E-state index in [4.69, 9.17) is 0 Å². The third-order valence-corrected chi connectivity index (χ3v) is 5.25. The highest BCUT2D eigenvalue weighted by Crippen LogP contribution is 2.44. The van der Waals surface area contributed by atoms with Crippen LogP contribution in [0.5, 0.6) is 0 Å². The largest absolute Gasteiger partial charge is 0.251 e. The SMILES string of the molecule is Cc1cc2c(c(F)c1F)-c1c(cc(-c3ccc(CCCF)cc3)c(F)c1F)C2. The minimum absolute atomic E-state index is 0.0682. The van der Waals surface area contributed by atoms with Crippen molar-refractivity contribution in [1.82, 2.24) is 0 Å². The third-order valence-electron chi connectivity index (χ3n) is 5.25. The quantitative estimate of drug-likeness (QED) is 0.342. The van der Waals surface area contributed by atoms with Crippen LogP contribution in [0, 0.1) is 30.2 Å². The van der Waals surface area contributed by atoms with E-state index in [1.807, 2.05) is 0 Å². The van der Waals surface area contributed by atoms with Crippen LogP contribution in [0.3, 0.4) is 0 Å². The van der Waals surface area contributed by atoms with E-state index in [2.05, 4.69) is 0 Å². The normalized spacial score (nSPS) is 12.2. The zero-order valence-electron chi connectivity index (χ0n) is 15.2. The molecule has 0 radical (unpaired) electrons. The van der Waals surface area contributed by atoms with Crippen molar-refractivity contribution in [2.75, 3.05) is 6.67 Å². The van der Waals surface area contributed by atoms with E-state index in [1.165, 1.54) is 19.1 Å². The number of hydrogen-bond acceptors (Lipinski definition) is 0. The fourth-order valence-electron chi connectivity index (χ4n) is 3.86. The van der Waals surface area contributed by atoms with Gasteiger partial charge in [0.1, 0.15) is 0 Å². The molecule has 5 heteroatoms. The van der Waals surface area contributed by atoms with Crippen LogP contribution in [0.2, 0.25) is 0 Å². The van der Waals surface area contributed by atoms with Crippen molar-refractivity contribution in [3.63, 3.8) is 0 Å². The topological polar surface area (TPSA) is 0 Å². The lowest BCUT2D eigenvalue weighted by Gasteiger charge is -2.11. The molecule has 0 atom stereocenters. The summed E-state index contributed by atoms with van der Waals surface area (Å²) in [6.45, 7) is 1.03. The van der Waals surface area contributed by atoms with Gasteiger partial charge in [-0.05, 0) is 60.1 Å². The molecule has 0 fully saturated rings. The van der Waals surface area contributed by atoms with Gasteiger partial charge in [-0.3, -0.25) is 4.39 Å². The number of fused-ring (bicyclic) bond motifs is 3. The Bertz CT molecular complexity index is 1070. The van der Waals surface area contributed by atoms with Crippen molar-refractivity contribution in [3.05, 3.63) is 81.9 Å². The highest BCUT2D eigenvalue weighted by Gasteiger charge is 2.31. The lowest BCUT2D eigenvalue weighted by Crippen LogP contribution is -1.98. The van der Waals surface area contributed by atoms with Crippen molar-refractivity contribution in [2.45, 2.75) is 26.2 Å². The Morgan fingerprint density at radius 3 is 2.04 bits per heavy atom. The molecule has 144 valence electrons. The van der Waals surface area contributed by atoms with Crippen molar-refractivity contribution in [2.24, 2.45) is 0 Å². The highest BCUT2D eigenvalue weighted by molar-refractivity contribution is 5.82. The van der Waals surface area contributed by atoms with Crippen LogP contribution in [0.4, 0.5) is 22.0 Å². The lowest BCUT2D eigenvalue weighted by atomic mass is 9.96. The number of halogens is 5. The molecule has 3 aromatic carbocycles. The molecule has 1 aliphatic carbocycles. The van der Waals surface area contributed by atoms with Gasteiger partial charge in [-0.25, -0.2) is 17.6 Å². The van der Waals surface area contributed by atoms with E-state index in [9.17, 15) is 22.0 Å². The van der Waals surface area contributed by atoms with Crippen molar-refractivity contribution >= 4 is 0 Å². The Balaban J connectivity index is 1.80. The molecular formula is C23H17F5. The monoisotopic (exact) mass is 388 g/mol. The van der Waals surface area contributed by atoms with E-state index in [0.717, 1.165) is 5.56 Å². The third kappa shape index (κ3) is 2.89. The lowest BCUT2D eigenvalue weighted by molar-refractivity contribution is 0.473. The van der Waals surface area contributed by atoms with Crippen LogP contribution in [-0.4, -0.2) is 6.67 Å². The summed E-state index contributed by atoms with van der Waals surface area (Å²) in [6, 6.07) is 9.79. The van der Waals surface area contributed by atoms with Gasteiger partial charge in [0.2, 0.25) is 0 Å². The van der Waals surface area contributed by atoms with Gasteiger partial charge in [-0.2, -0.15) is 0 Å². The molecular weight excluding hydrogens is 371 g/mol. The van der Waals surface area contributed by atoms with Crippen molar-refractivity contribution in [1.29, 1.82) is 0 Å². The first-order chi connectivity index (χ1) is 13.4. The predicted molar refractivity (Wildman–Crippen MR) is 99.0 cm³/mol. The molecule has 4 rings (SSSR count). The van der Waals surface area contributed by atoms with Crippen LogP contribution < -0.4 is 0 Å². The zero-order chi connectivity index (χ0) is 20.0. The van der Waals surface area contributed by atoms with Crippen molar-refractivity contribution < 1.29 is 22.0 Å². The molecule has 0 saturated carbocycles. The fraction of sp³-hybridized carbons (Fsp3) is 0.217. The maximum atomic E-state index is 14.9. The van der Waals surface area contributed by atoms with Gasteiger partial charge < -0.3 is 0 Å². The molecule has 3 aromatic rings. The van der Waals surface area contributed by atoms with Crippen LogP contribution in [0.25, 0.3) is 22.3 Å². The number of rotatable bonds is 4. The zero-order valence-corrected chi connectivity index (χ0v) is 15.2. The molecule has 1 aliphatic rings. The average molecular weight is 388 g/mol. The first-order valence-corrected chi connectivity index (χ1v) is 9.06. The molecule has 0 spiro atoms. The van der Waals surface area contributed by atoms with E-state index >= 15 is 0 Å². The summed E-state index contributed by atoms with van der Waals surface area (Å²) < 4.78 is 70.4. The second kappa shape index (κ2) is 7.04. The first-order valence-electron chi connectivity index (χ1n) is 9.06. The van der Waals surface area contributed by atoms with Crippen LogP contribution in [-0.2, 0) is 12.8 Å². The Kier molecular flexibility index (Phi) is 4.69. The number of alkyl halides is 1. The second-order valence-corrected chi connectivity index (χ2v) is 7.11. The van der Waals surface area contributed by atoms with E-state index < -0.39 is 29.9 Å². The summed E-state index contributed by atoms with van der Waals surface area (Å²) in [7, 11) is 0. The van der Waals surface area contributed by atoms with E-state index in [-0.39, 0.29) is 28.7 Å². The van der Waals surface area contributed by atoms with Crippen LogP contribution in [0.1, 0.15) is 28.7 Å². The summed E-state index contributed by atoms with van der Waals surface area (Å²) in [4.78, 5) is 0. The van der Waals surface area contributed by atoms with Gasteiger partial charge in [0.25, 0.3) is 0 Å². The summed E-state index contributed by atoms with van der Waals surface area (Å²) in [5.41, 5.74) is 2.06. The summed E-state index contributed by atoms with van der Waals surface area (Å²) >= 11 is 0. The fourth-order valence-corrected chi connectivity index (χ4v) is 3.86. The molecule has 0 heterocycles. The minimum atomic E-state index is -1.17. The molecule has 0 aromatic heterocycles. The molecule has 0 bridgehead atoms. The molecule has 0 N–H and O–H groups in total. The Morgan fingerprint density at radius 1 is 0.786 bits per heavy atom.